The summed E-state index contributed by atoms with van der Waals surface area (Å²) >= 11 is 0. The van der Waals surface area contributed by atoms with E-state index >= 15 is 0 Å². The Labute approximate surface area is 431 Å². The van der Waals surface area contributed by atoms with Crippen LogP contribution in [0.1, 0.15) is 11.9 Å². The van der Waals surface area contributed by atoms with Crippen molar-refractivity contribution in [1.29, 1.82) is 0 Å². The van der Waals surface area contributed by atoms with Crippen LogP contribution in [0.25, 0.3) is 11.0 Å². The lowest BCUT2D eigenvalue weighted by atomic mass is 9.93. The van der Waals surface area contributed by atoms with Crippen LogP contribution in [0.3, 0.4) is 0 Å². The van der Waals surface area contributed by atoms with Crippen molar-refractivity contribution in [1.82, 2.24) is 9.97 Å². The first-order valence-corrected chi connectivity index (χ1v) is 24.2. The average molecular weight is 1130 g/mol. The second-order valence-corrected chi connectivity index (χ2v) is 19.2. The Hall–Kier alpha value is -2.65. The number of nitrogens with one attached hydrogen (secondary N) is 1. The van der Waals surface area contributed by atoms with Crippen molar-refractivity contribution in [3.63, 3.8) is 0 Å². The maximum absolute atomic E-state index is 13.9. The van der Waals surface area contributed by atoms with Crippen LogP contribution in [0.15, 0.2) is 12.1 Å². The first-order chi connectivity index (χ1) is 36.6. The molecule has 0 bridgehead atoms. The fourth-order valence-electron chi connectivity index (χ4n) is 9.93. The van der Waals surface area contributed by atoms with Gasteiger partial charge in [-0.2, -0.15) is 0 Å². The Morgan fingerprint density at radius 3 is 0.987 bits per heavy atom. The Morgan fingerprint density at radius 2 is 0.649 bits per heavy atom. The van der Waals surface area contributed by atoms with E-state index in [1.54, 1.807) is 0 Å². The van der Waals surface area contributed by atoms with Crippen LogP contribution in [-0.4, -0.2) is 325 Å². The molecule has 32 nitrogen and oxygen atoms in total. The predicted molar refractivity (Wildman–Crippen MR) is 232 cm³/mol. The molecule has 20 N–H and O–H groups in total. The lowest BCUT2D eigenvalue weighted by Gasteiger charge is -2.50. The van der Waals surface area contributed by atoms with E-state index in [0.29, 0.717) is 0 Å². The quantitative estimate of drug-likeness (QED) is 0.0699. The molecular weight excluding hydrogens is 1060 g/mol. The first-order valence-electron chi connectivity index (χ1n) is 24.2. The standard InChI is InChI=1S/C43H64F2N2O30/c44-9-1-11-12(2-10(9)45)47-38(46-11)37-22(57)21(56)32(14(4-49)67-37)73-40-28(63)24(59)34(16(6-51)69-40)75-42-30(65)26(61)36(18(8-53)71-42)77-43-31(66)25(60)35(17(7-52)72-43)76-41-29(64)23(58)33(15(5-50)70-41)74-39-27(62)20(55)19(54)13(3-48)68-39/h1-2,13-37,39-43,48-66H,3-8H2,(H,46,47)/t13?,14?,15?,16?,17?,18?,19-,20+,21-,22?,23-,24-,25-,26-,27?,28?,29?,30?,31?,32-,33-,34-,35-,36-,37-,39-,40-,41-,42-,43-/m1/s1. The molecule has 1 aromatic heterocycles. The van der Waals surface area contributed by atoms with E-state index in [1.165, 1.54) is 0 Å². The van der Waals surface area contributed by atoms with Crippen molar-refractivity contribution in [2.75, 3.05) is 39.6 Å². The number of aliphatic hydroxyl groups excluding tert-OH is 19. The van der Waals surface area contributed by atoms with Gasteiger partial charge in [0.15, 0.2) is 43.1 Å². The fourth-order valence-corrected chi connectivity index (χ4v) is 9.93. The molecule has 0 spiro atoms. The van der Waals surface area contributed by atoms with E-state index in [0.717, 1.165) is 12.1 Å². The van der Waals surface area contributed by atoms with Gasteiger partial charge in [0.25, 0.3) is 0 Å². The van der Waals surface area contributed by atoms with E-state index < -0.39 is 235 Å². The van der Waals surface area contributed by atoms with Crippen molar-refractivity contribution >= 4 is 11.0 Å². The number of hydrogen-bond donors (Lipinski definition) is 20. The summed E-state index contributed by atoms with van der Waals surface area (Å²) in [4.78, 5) is 6.71. The maximum Gasteiger partial charge on any atom is 0.187 e. The zero-order chi connectivity index (χ0) is 56.1. The van der Waals surface area contributed by atoms with Crippen molar-refractivity contribution in [3.8, 4) is 0 Å². The van der Waals surface area contributed by atoms with Gasteiger partial charge < -0.3 is 154 Å². The average Bonchev–Trinajstić information content (AvgIpc) is 3.82. The summed E-state index contributed by atoms with van der Waals surface area (Å²) < 4.78 is 89.5. The number of hydrogen-bond acceptors (Lipinski definition) is 31. The van der Waals surface area contributed by atoms with Gasteiger partial charge in [0, 0.05) is 12.1 Å². The lowest BCUT2D eigenvalue weighted by Crippen LogP contribution is -2.68. The molecule has 0 saturated carbocycles. The van der Waals surface area contributed by atoms with Crippen LogP contribution in [0.2, 0.25) is 0 Å². The van der Waals surface area contributed by atoms with Gasteiger partial charge in [-0.3, -0.25) is 0 Å². The summed E-state index contributed by atoms with van der Waals surface area (Å²) in [6.45, 7) is -5.84. The molecule has 6 aliphatic rings. The van der Waals surface area contributed by atoms with E-state index in [-0.39, 0.29) is 16.9 Å². The Bertz CT molecular complexity index is 2160. The number of benzene rings is 1. The van der Waals surface area contributed by atoms with Crippen LogP contribution >= 0.6 is 0 Å². The van der Waals surface area contributed by atoms with Gasteiger partial charge in [0.2, 0.25) is 0 Å². The van der Waals surface area contributed by atoms with E-state index in [2.05, 4.69) is 9.97 Å². The monoisotopic (exact) mass is 1130 g/mol. The maximum atomic E-state index is 13.9. The molecule has 440 valence electrons. The molecule has 1 aromatic carbocycles. The van der Waals surface area contributed by atoms with Gasteiger partial charge >= 0.3 is 0 Å². The number of rotatable bonds is 17. The molecule has 7 heterocycles. The SMILES string of the molecule is OCC1O[C@H](O[C@@H]2C(CO)O[C@H](O[C@@H]3C(CO)O[C@H](O[C@@H]4C(CO)O[C@H](O[C@@H]5C(CO)O[C@H](O[C@@H]6C(CO)O[C@@H](c7nc8cc(F)c(F)cc8[nH]7)C(O)[C@H]6O)C(O)[C@H]5O)C(O)[C@H]4O)C(O)[C@H]3O)C(O)[C@H]2O)C(O)[C@@H](O)[C@@H]1O. The van der Waals surface area contributed by atoms with Crippen LogP contribution in [0.5, 0.6) is 0 Å². The van der Waals surface area contributed by atoms with Crippen LogP contribution in [0.4, 0.5) is 8.78 Å². The van der Waals surface area contributed by atoms with Crippen LogP contribution in [-0.2, 0) is 52.1 Å². The highest BCUT2D eigenvalue weighted by molar-refractivity contribution is 5.75. The highest BCUT2D eigenvalue weighted by Gasteiger charge is 2.58. The molecule has 2 aromatic rings. The van der Waals surface area contributed by atoms with Crippen LogP contribution < -0.4 is 0 Å². The third-order valence-electron chi connectivity index (χ3n) is 14.3. The minimum Gasteiger partial charge on any atom is -0.394 e. The van der Waals surface area contributed by atoms with E-state index in [9.17, 15) is 106 Å². The minimum atomic E-state index is -2.21. The summed E-state index contributed by atoms with van der Waals surface area (Å²) in [5.41, 5.74) is -0.0669. The summed E-state index contributed by atoms with van der Waals surface area (Å²) in [7, 11) is 0. The fraction of sp³-hybridized carbons (Fsp3) is 0.837. The number of fused-ring (bicyclic) bond motifs is 1. The van der Waals surface area contributed by atoms with Crippen LogP contribution in [0, 0.1) is 11.6 Å². The van der Waals surface area contributed by atoms with Gasteiger partial charge in [-0.1, -0.05) is 0 Å². The topological polar surface area (TPSA) is 515 Å². The number of aromatic nitrogens is 2. The number of nitrogens with zero attached hydrogens (tertiary/aromatic N) is 1. The first kappa shape index (κ1) is 60.4. The third kappa shape index (κ3) is 11.9. The number of halogens is 2. The Kier molecular flexibility index (Phi) is 19.8. The van der Waals surface area contributed by atoms with Crippen molar-refractivity contribution < 1.29 is 158 Å². The predicted octanol–water partition coefficient (Wildman–Crippen LogP) is -11.5. The number of aliphatic hydroxyl groups is 19. The Balaban J connectivity index is 0.872. The number of ether oxygens (including phenoxy) is 11. The van der Waals surface area contributed by atoms with Gasteiger partial charge in [0.05, 0.1) is 50.7 Å². The zero-order valence-electron chi connectivity index (χ0n) is 39.9. The largest absolute Gasteiger partial charge is 0.394 e. The number of imidazole rings is 1. The molecule has 0 radical (unpaired) electrons. The molecule has 34 heteroatoms. The van der Waals surface area contributed by atoms with Gasteiger partial charge in [0.1, 0.15) is 158 Å². The summed E-state index contributed by atoms with van der Waals surface area (Å²) in [5, 5.41) is 203. The Morgan fingerprint density at radius 1 is 0.364 bits per heavy atom. The number of H-pyrrole nitrogens is 1. The molecule has 77 heavy (non-hydrogen) atoms. The second kappa shape index (κ2) is 25.2. The molecule has 12 unspecified atom stereocenters. The molecule has 8 rings (SSSR count). The van der Waals surface area contributed by atoms with E-state index in [1.807, 2.05) is 0 Å². The second-order valence-electron chi connectivity index (χ2n) is 19.2. The zero-order valence-corrected chi connectivity index (χ0v) is 39.9. The minimum absolute atomic E-state index is 0.00129. The van der Waals surface area contributed by atoms with Gasteiger partial charge in [-0.05, 0) is 0 Å². The van der Waals surface area contributed by atoms with Gasteiger partial charge in [-0.15, -0.1) is 0 Å². The number of aromatic amines is 1. The smallest absolute Gasteiger partial charge is 0.187 e. The molecule has 0 amide bonds. The molecule has 0 aliphatic carbocycles. The normalized spacial score (nSPS) is 48.1. The summed E-state index contributed by atoms with van der Waals surface area (Å²) in [6.07, 6.45) is -57.1. The van der Waals surface area contributed by atoms with E-state index in [4.69, 9.17) is 52.1 Å². The van der Waals surface area contributed by atoms with Crippen molar-refractivity contribution in [2.45, 2.75) is 184 Å². The molecule has 30 atom stereocenters. The highest BCUT2D eigenvalue weighted by atomic mass is 19.2. The molecule has 6 aliphatic heterocycles. The molecule has 6 fully saturated rings. The summed E-state index contributed by atoms with van der Waals surface area (Å²) in [5.74, 6) is -2.63. The highest BCUT2D eigenvalue weighted by Crippen LogP contribution is 2.39. The molecule has 6 saturated heterocycles. The lowest BCUT2D eigenvalue weighted by molar-refractivity contribution is -0.395. The van der Waals surface area contributed by atoms with Crippen molar-refractivity contribution in [3.05, 3.63) is 29.6 Å². The van der Waals surface area contributed by atoms with Crippen molar-refractivity contribution in [2.24, 2.45) is 0 Å². The van der Waals surface area contributed by atoms with Gasteiger partial charge in [-0.25, -0.2) is 13.8 Å². The third-order valence-corrected chi connectivity index (χ3v) is 14.3. The molecular formula is C43H64F2N2O30. The summed E-state index contributed by atoms with van der Waals surface area (Å²) in [6, 6.07) is 1.57.